The molecule has 0 unspecified atom stereocenters. The molecule has 0 fully saturated rings. The molecule has 0 radical (unpaired) electrons. The molecule has 0 aliphatic carbocycles. The predicted molar refractivity (Wildman–Crippen MR) is 118 cm³/mol. The zero-order valence-electron chi connectivity index (χ0n) is 16.0. The number of hydrogen-bond acceptors (Lipinski definition) is 8. The molecule has 3 aromatic rings. The van der Waals surface area contributed by atoms with Crippen LogP contribution < -0.4 is 16.4 Å². The summed E-state index contributed by atoms with van der Waals surface area (Å²) in [5.41, 5.74) is 8.62. The lowest BCUT2D eigenvalue weighted by atomic mass is 9.99. The van der Waals surface area contributed by atoms with E-state index in [1.165, 1.54) is 11.1 Å². The zero-order valence-corrected chi connectivity index (χ0v) is 18.3. The van der Waals surface area contributed by atoms with Gasteiger partial charge in [0.05, 0.1) is 5.02 Å². The van der Waals surface area contributed by atoms with Crippen LogP contribution in [0, 0.1) is 0 Å². The minimum Gasteiger partial charge on any atom is -0.364 e. The number of likely N-dealkylation sites (N-methyl/N-ethyl adjacent to an activating group) is 1. The molecule has 0 saturated carbocycles. The molecular weight excluding hydrogens is 472 g/mol. The van der Waals surface area contributed by atoms with Crippen LogP contribution in [0.1, 0.15) is 21.6 Å². The molecule has 2 aromatic heterocycles. The van der Waals surface area contributed by atoms with Gasteiger partial charge in [0.2, 0.25) is 5.95 Å². The summed E-state index contributed by atoms with van der Waals surface area (Å²) in [6, 6.07) is 7.39. The predicted octanol–water partition coefficient (Wildman–Crippen LogP) is 3.26. The lowest BCUT2D eigenvalue weighted by Gasteiger charge is -2.26. The van der Waals surface area contributed by atoms with Crippen molar-refractivity contribution < 1.29 is 4.79 Å². The van der Waals surface area contributed by atoms with E-state index < -0.39 is 5.91 Å². The Morgan fingerprint density at radius 2 is 2.10 bits per heavy atom. The standard InChI is InChI=1S/C19H18BrClN8O/c1-29-6-4-12-10(9-29)7-11(8-13(12)20)24-19-26-18(15(16(22)30)27-28-19)25-17-14(21)3-2-5-23-17/h2-3,5,7-8H,4,6,9H2,1H3,(H2,22,30)(H2,23,24,25,26,28). The summed E-state index contributed by atoms with van der Waals surface area (Å²) in [4.78, 5) is 22.5. The average molecular weight is 490 g/mol. The summed E-state index contributed by atoms with van der Waals surface area (Å²) >= 11 is 9.79. The van der Waals surface area contributed by atoms with Crippen molar-refractivity contribution in [3.05, 3.63) is 56.8 Å². The van der Waals surface area contributed by atoms with Gasteiger partial charge in [0.15, 0.2) is 11.5 Å². The van der Waals surface area contributed by atoms with Gasteiger partial charge in [-0.2, -0.15) is 4.98 Å². The number of carbonyl (C=O) groups excluding carboxylic acids is 1. The fourth-order valence-electron chi connectivity index (χ4n) is 3.21. The summed E-state index contributed by atoms with van der Waals surface area (Å²) < 4.78 is 1.02. The normalized spacial score (nSPS) is 13.6. The SMILES string of the molecule is CN1CCc2c(Br)cc(Nc3nnc(C(N)=O)c(Nc4ncccc4Cl)n3)cc2C1. The van der Waals surface area contributed by atoms with Crippen LogP contribution in [0.3, 0.4) is 0 Å². The van der Waals surface area contributed by atoms with E-state index in [4.69, 9.17) is 17.3 Å². The van der Waals surface area contributed by atoms with Crippen molar-refractivity contribution in [3.8, 4) is 0 Å². The van der Waals surface area contributed by atoms with Crippen LogP contribution in [0.5, 0.6) is 0 Å². The van der Waals surface area contributed by atoms with Crippen LogP contribution >= 0.6 is 27.5 Å². The number of nitrogens with one attached hydrogen (secondary N) is 2. The minimum atomic E-state index is -0.768. The molecule has 0 bridgehead atoms. The van der Waals surface area contributed by atoms with Crippen molar-refractivity contribution >= 4 is 56.7 Å². The van der Waals surface area contributed by atoms with Gasteiger partial charge in [0, 0.05) is 29.4 Å². The molecule has 0 spiro atoms. The number of carbonyl (C=O) groups is 1. The first-order valence-electron chi connectivity index (χ1n) is 9.09. The van der Waals surface area contributed by atoms with E-state index in [1.807, 2.05) is 6.07 Å². The highest BCUT2D eigenvalue weighted by atomic mass is 79.9. The fourth-order valence-corrected chi connectivity index (χ4v) is 4.08. The molecule has 1 amide bonds. The highest BCUT2D eigenvalue weighted by Gasteiger charge is 2.19. The van der Waals surface area contributed by atoms with E-state index in [0.717, 1.165) is 29.7 Å². The first-order chi connectivity index (χ1) is 14.4. The number of fused-ring (bicyclic) bond motifs is 1. The van der Waals surface area contributed by atoms with E-state index in [-0.39, 0.29) is 17.5 Å². The molecule has 30 heavy (non-hydrogen) atoms. The van der Waals surface area contributed by atoms with Crippen LogP contribution in [0.15, 0.2) is 34.9 Å². The average Bonchev–Trinajstić information content (AvgIpc) is 2.69. The Labute approximate surface area is 186 Å². The zero-order chi connectivity index (χ0) is 21.3. The van der Waals surface area contributed by atoms with E-state index in [0.29, 0.717) is 10.8 Å². The Kier molecular flexibility index (Phi) is 5.80. The number of amides is 1. The monoisotopic (exact) mass is 488 g/mol. The molecule has 3 heterocycles. The summed E-state index contributed by atoms with van der Waals surface area (Å²) in [7, 11) is 2.09. The van der Waals surface area contributed by atoms with Gasteiger partial charge in [-0.1, -0.05) is 27.5 Å². The number of benzene rings is 1. The minimum absolute atomic E-state index is 0.109. The summed E-state index contributed by atoms with van der Waals surface area (Å²) in [5, 5.41) is 14.3. The van der Waals surface area contributed by atoms with Crippen LogP contribution in [-0.2, 0) is 13.0 Å². The van der Waals surface area contributed by atoms with Gasteiger partial charge < -0.3 is 21.3 Å². The Morgan fingerprint density at radius 3 is 2.87 bits per heavy atom. The third-order valence-electron chi connectivity index (χ3n) is 4.64. The number of pyridine rings is 1. The lowest BCUT2D eigenvalue weighted by Crippen LogP contribution is -2.26. The molecule has 0 atom stereocenters. The molecule has 1 aliphatic rings. The van der Waals surface area contributed by atoms with E-state index in [2.05, 4.69) is 64.7 Å². The topological polar surface area (TPSA) is 122 Å². The molecular formula is C19H18BrClN8O. The van der Waals surface area contributed by atoms with Crippen molar-refractivity contribution in [1.29, 1.82) is 0 Å². The van der Waals surface area contributed by atoms with Crippen molar-refractivity contribution in [2.24, 2.45) is 5.73 Å². The Morgan fingerprint density at radius 1 is 1.27 bits per heavy atom. The molecule has 0 saturated heterocycles. The maximum Gasteiger partial charge on any atom is 0.273 e. The smallest absolute Gasteiger partial charge is 0.273 e. The van der Waals surface area contributed by atoms with E-state index >= 15 is 0 Å². The quantitative estimate of drug-likeness (QED) is 0.499. The largest absolute Gasteiger partial charge is 0.364 e. The van der Waals surface area contributed by atoms with Gasteiger partial charge in [-0.15, -0.1) is 10.2 Å². The van der Waals surface area contributed by atoms with E-state index in [1.54, 1.807) is 18.3 Å². The number of hydrogen-bond donors (Lipinski definition) is 3. The number of rotatable bonds is 5. The third-order valence-corrected chi connectivity index (χ3v) is 5.66. The maximum atomic E-state index is 11.8. The molecule has 11 heteroatoms. The van der Waals surface area contributed by atoms with Crippen molar-refractivity contribution in [2.75, 3.05) is 24.2 Å². The van der Waals surface area contributed by atoms with Crippen LogP contribution in [0.25, 0.3) is 0 Å². The second-order valence-corrected chi connectivity index (χ2v) is 8.13. The molecule has 154 valence electrons. The van der Waals surface area contributed by atoms with Crippen molar-refractivity contribution in [2.45, 2.75) is 13.0 Å². The number of aromatic nitrogens is 4. The summed E-state index contributed by atoms with van der Waals surface area (Å²) in [6.45, 7) is 1.87. The number of nitrogens with zero attached hydrogens (tertiary/aromatic N) is 5. The maximum absolute atomic E-state index is 11.8. The van der Waals surface area contributed by atoms with E-state index in [9.17, 15) is 4.79 Å². The van der Waals surface area contributed by atoms with Crippen LogP contribution in [-0.4, -0.2) is 44.6 Å². The molecule has 9 nitrogen and oxygen atoms in total. The van der Waals surface area contributed by atoms with Gasteiger partial charge in [-0.25, -0.2) is 4.98 Å². The van der Waals surface area contributed by atoms with Gasteiger partial charge in [-0.3, -0.25) is 4.79 Å². The molecule has 4 rings (SSSR count). The third kappa shape index (κ3) is 4.35. The number of primary amides is 1. The second kappa shape index (κ2) is 8.50. The Hall–Kier alpha value is -2.82. The highest BCUT2D eigenvalue weighted by Crippen LogP contribution is 2.31. The summed E-state index contributed by atoms with van der Waals surface area (Å²) in [5.74, 6) is -0.133. The molecule has 4 N–H and O–H groups in total. The number of halogens is 2. The highest BCUT2D eigenvalue weighted by molar-refractivity contribution is 9.10. The second-order valence-electron chi connectivity index (χ2n) is 6.86. The van der Waals surface area contributed by atoms with Crippen LogP contribution in [0.2, 0.25) is 5.02 Å². The van der Waals surface area contributed by atoms with Crippen molar-refractivity contribution in [1.82, 2.24) is 25.1 Å². The number of nitrogens with two attached hydrogens (primary N) is 1. The number of anilines is 4. The Balaban J connectivity index is 1.65. The molecule has 1 aromatic carbocycles. The first kappa shape index (κ1) is 20.5. The van der Waals surface area contributed by atoms with Gasteiger partial charge >= 0.3 is 0 Å². The Bertz CT molecular complexity index is 1130. The lowest BCUT2D eigenvalue weighted by molar-refractivity contribution is 0.0995. The fraction of sp³-hybridized carbons (Fsp3) is 0.211. The van der Waals surface area contributed by atoms with Crippen molar-refractivity contribution in [3.63, 3.8) is 0 Å². The van der Waals surface area contributed by atoms with Gasteiger partial charge in [-0.05, 0) is 48.9 Å². The first-order valence-corrected chi connectivity index (χ1v) is 10.3. The summed E-state index contributed by atoms with van der Waals surface area (Å²) in [6.07, 6.45) is 2.55. The molecule has 1 aliphatic heterocycles. The van der Waals surface area contributed by atoms with Gasteiger partial charge in [0.25, 0.3) is 5.91 Å². The van der Waals surface area contributed by atoms with Crippen LogP contribution in [0.4, 0.5) is 23.3 Å². The van der Waals surface area contributed by atoms with Gasteiger partial charge in [0.1, 0.15) is 5.82 Å².